The number of rotatable bonds is 6. The lowest BCUT2D eigenvalue weighted by Gasteiger charge is -2.29. The average molecular weight is 262 g/mol. The van der Waals surface area contributed by atoms with Crippen LogP contribution in [0.25, 0.3) is 0 Å². The van der Waals surface area contributed by atoms with Crippen molar-refractivity contribution in [3.05, 3.63) is 0 Å². The fourth-order valence-corrected chi connectivity index (χ4v) is 3.24. The molecule has 0 saturated carbocycles. The highest BCUT2D eigenvalue weighted by Crippen LogP contribution is 2.40. The summed E-state index contributed by atoms with van der Waals surface area (Å²) in [5.74, 6) is 0.996. The molecule has 3 heteroatoms. The highest BCUT2D eigenvalue weighted by atomic mass is 33.1. The smallest absolute Gasteiger partial charge is 0.205 e. The van der Waals surface area contributed by atoms with Gasteiger partial charge in [0.25, 0.3) is 0 Å². The molecule has 0 aromatic heterocycles. The van der Waals surface area contributed by atoms with E-state index in [1.807, 2.05) is 0 Å². The number of hydrogen-bond acceptors (Lipinski definition) is 3. The summed E-state index contributed by atoms with van der Waals surface area (Å²) >= 11 is 0. The molecule has 0 bridgehead atoms. The van der Waals surface area contributed by atoms with Gasteiger partial charge in [0.1, 0.15) is 0 Å². The van der Waals surface area contributed by atoms with Crippen molar-refractivity contribution in [2.45, 2.75) is 60.8 Å². The first-order valence-corrected chi connectivity index (χ1v) is 8.41. The lowest BCUT2D eigenvalue weighted by Crippen LogP contribution is -2.26. The molecular formula is C13H26OS2. The first kappa shape index (κ1) is 16.4. The molecule has 0 saturated heterocycles. The minimum absolute atomic E-state index is 0.139. The molecule has 1 unspecified atom stereocenters. The maximum absolute atomic E-state index is 12.1. The second-order valence-corrected chi connectivity index (χ2v) is 8.31. The Kier molecular flexibility index (Phi) is 7.11. The normalized spacial score (nSPS) is 15.9. The summed E-state index contributed by atoms with van der Waals surface area (Å²) < 4.78 is 0. The average Bonchev–Trinajstić information content (AvgIpc) is 2.21. The standard InChI is InChI=1S/C13H26OS2/c1-7-13(6,10-9-12(3,4)5)11(14)16-15-8-2/h7-10H2,1-6H3. The summed E-state index contributed by atoms with van der Waals surface area (Å²) in [6.45, 7) is 13.0. The van der Waals surface area contributed by atoms with E-state index in [2.05, 4.69) is 41.5 Å². The van der Waals surface area contributed by atoms with Crippen molar-refractivity contribution < 1.29 is 4.79 Å². The van der Waals surface area contributed by atoms with Crippen molar-refractivity contribution in [1.82, 2.24) is 0 Å². The SMILES string of the molecule is CCSSC(=O)C(C)(CC)CCC(C)(C)C. The van der Waals surface area contributed by atoms with E-state index in [9.17, 15) is 4.79 Å². The molecule has 16 heavy (non-hydrogen) atoms. The van der Waals surface area contributed by atoms with Crippen LogP contribution in [0.15, 0.2) is 0 Å². The molecule has 0 aromatic carbocycles. The largest absolute Gasteiger partial charge is 0.286 e. The van der Waals surface area contributed by atoms with Crippen LogP contribution in [-0.2, 0) is 4.79 Å². The van der Waals surface area contributed by atoms with Gasteiger partial charge in [-0.2, -0.15) is 0 Å². The van der Waals surface area contributed by atoms with Crippen molar-refractivity contribution >= 4 is 26.7 Å². The van der Waals surface area contributed by atoms with Gasteiger partial charge >= 0.3 is 0 Å². The minimum atomic E-state index is -0.139. The molecule has 0 aliphatic heterocycles. The monoisotopic (exact) mass is 262 g/mol. The lowest BCUT2D eigenvalue weighted by molar-refractivity contribution is -0.119. The van der Waals surface area contributed by atoms with Crippen LogP contribution in [-0.4, -0.2) is 10.9 Å². The predicted octanol–water partition coefficient (Wildman–Crippen LogP) is 5.16. The Morgan fingerprint density at radius 3 is 2.00 bits per heavy atom. The zero-order valence-electron chi connectivity index (χ0n) is 11.6. The molecule has 0 rings (SSSR count). The van der Waals surface area contributed by atoms with Crippen LogP contribution in [0.2, 0.25) is 0 Å². The lowest BCUT2D eigenvalue weighted by atomic mass is 9.78. The Hall–Kier alpha value is 0.370. The Morgan fingerprint density at radius 1 is 1.06 bits per heavy atom. The van der Waals surface area contributed by atoms with E-state index in [1.165, 1.54) is 10.8 Å². The van der Waals surface area contributed by atoms with Gasteiger partial charge in [0.15, 0.2) is 0 Å². The van der Waals surface area contributed by atoms with Crippen molar-refractivity contribution in [3.8, 4) is 0 Å². The van der Waals surface area contributed by atoms with Crippen LogP contribution in [0.4, 0.5) is 0 Å². The van der Waals surface area contributed by atoms with Crippen molar-refractivity contribution in [3.63, 3.8) is 0 Å². The van der Waals surface area contributed by atoms with Crippen molar-refractivity contribution in [1.29, 1.82) is 0 Å². The highest BCUT2D eigenvalue weighted by Gasteiger charge is 2.32. The Labute approximate surface area is 109 Å². The summed E-state index contributed by atoms with van der Waals surface area (Å²) in [6.07, 6.45) is 3.06. The van der Waals surface area contributed by atoms with Crippen LogP contribution >= 0.6 is 21.6 Å². The first-order valence-electron chi connectivity index (χ1n) is 6.09. The maximum atomic E-state index is 12.1. The molecule has 0 amide bonds. The van der Waals surface area contributed by atoms with Crippen LogP contribution in [0, 0.1) is 10.8 Å². The van der Waals surface area contributed by atoms with Gasteiger partial charge in [0.05, 0.1) is 0 Å². The Morgan fingerprint density at radius 2 is 1.62 bits per heavy atom. The summed E-state index contributed by atoms with van der Waals surface area (Å²) in [5.41, 5.74) is 0.180. The van der Waals surface area contributed by atoms with E-state index in [0.29, 0.717) is 10.5 Å². The second kappa shape index (κ2) is 6.95. The van der Waals surface area contributed by atoms with Crippen LogP contribution < -0.4 is 0 Å². The molecule has 0 spiro atoms. The van der Waals surface area contributed by atoms with Gasteiger partial charge in [-0.3, -0.25) is 4.79 Å². The topological polar surface area (TPSA) is 17.1 Å². The van der Waals surface area contributed by atoms with E-state index in [4.69, 9.17) is 0 Å². The highest BCUT2D eigenvalue weighted by molar-refractivity contribution is 8.82. The van der Waals surface area contributed by atoms with Gasteiger partial charge in [-0.1, -0.05) is 52.3 Å². The van der Waals surface area contributed by atoms with Crippen LogP contribution in [0.1, 0.15) is 60.8 Å². The summed E-state index contributed by atoms with van der Waals surface area (Å²) in [6, 6.07) is 0. The zero-order chi connectivity index (χ0) is 12.8. The Bertz CT molecular complexity index is 220. The molecule has 96 valence electrons. The van der Waals surface area contributed by atoms with Gasteiger partial charge < -0.3 is 0 Å². The van der Waals surface area contributed by atoms with Crippen molar-refractivity contribution in [2.24, 2.45) is 10.8 Å². The van der Waals surface area contributed by atoms with Gasteiger partial charge in [-0.15, -0.1) is 0 Å². The van der Waals surface area contributed by atoms with E-state index in [0.717, 1.165) is 25.0 Å². The van der Waals surface area contributed by atoms with Crippen LogP contribution in [0.5, 0.6) is 0 Å². The molecule has 1 atom stereocenters. The predicted molar refractivity (Wildman–Crippen MR) is 77.8 cm³/mol. The van der Waals surface area contributed by atoms with E-state index < -0.39 is 0 Å². The fraction of sp³-hybridized carbons (Fsp3) is 0.923. The summed E-state index contributed by atoms with van der Waals surface area (Å²) in [4.78, 5) is 12.1. The quantitative estimate of drug-likeness (QED) is 0.616. The van der Waals surface area contributed by atoms with Gasteiger partial charge in [0, 0.05) is 11.2 Å². The molecular weight excluding hydrogens is 236 g/mol. The first-order chi connectivity index (χ1) is 7.25. The van der Waals surface area contributed by atoms with Gasteiger partial charge in [0.2, 0.25) is 5.12 Å². The molecule has 0 aliphatic carbocycles. The molecule has 0 radical (unpaired) electrons. The van der Waals surface area contributed by atoms with Gasteiger partial charge in [-0.05, 0) is 35.5 Å². The molecule has 0 N–H and O–H groups in total. The Balaban J connectivity index is 4.35. The third kappa shape index (κ3) is 6.19. The molecule has 0 aliphatic rings. The number of carbonyl (C=O) groups excluding carboxylic acids is 1. The van der Waals surface area contributed by atoms with E-state index in [1.54, 1.807) is 10.8 Å². The third-order valence-electron chi connectivity index (χ3n) is 2.95. The van der Waals surface area contributed by atoms with E-state index in [-0.39, 0.29) is 5.41 Å². The third-order valence-corrected chi connectivity index (χ3v) is 5.46. The van der Waals surface area contributed by atoms with Gasteiger partial charge in [-0.25, -0.2) is 0 Å². The maximum Gasteiger partial charge on any atom is 0.205 e. The summed E-state index contributed by atoms with van der Waals surface area (Å²) in [5, 5.41) is 0.353. The number of carbonyl (C=O) groups is 1. The van der Waals surface area contributed by atoms with Crippen LogP contribution in [0.3, 0.4) is 0 Å². The fourth-order valence-electron chi connectivity index (χ4n) is 1.29. The second-order valence-electron chi connectivity index (χ2n) is 5.75. The number of hydrogen-bond donors (Lipinski definition) is 0. The summed E-state index contributed by atoms with van der Waals surface area (Å²) in [7, 11) is 3.10. The molecule has 1 nitrogen and oxygen atoms in total. The minimum Gasteiger partial charge on any atom is -0.286 e. The molecule has 0 aromatic rings. The molecule has 0 fully saturated rings. The zero-order valence-corrected chi connectivity index (χ0v) is 13.2. The van der Waals surface area contributed by atoms with Crippen molar-refractivity contribution in [2.75, 3.05) is 5.75 Å². The molecule has 0 heterocycles. The van der Waals surface area contributed by atoms with E-state index >= 15 is 0 Å².